The molecule has 2 atom stereocenters. The molecule has 3 rings (SSSR count). The van der Waals surface area contributed by atoms with E-state index in [0.29, 0.717) is 11.5 Å². The van der Waals surface area contributed by atoms with Crippen LogP contribution in [0.15, 0.2) is 54.7 Å². The van der Waals surface area contributed by atoms with Crippen molar-refractivity contribution in [3.05, 3.63) is 60.4 Å². The van der Waals surface area contributed by atoms with Crippen LogP contribution in [0.5, 0.6) is 0 Å². The summed E-state index contributed by atoms with van der Waals surface area (Å²) in [6, 6.07) is 14.5. The molecule has 0 spiro atoms. The zero-order valence-electron chi connectivity index (χ0n) is 13.5. The zero-order valence-corrected chi connectivity index (χ0v) is 13.5. The van der Waals surface area contributed by atoms with Crippen molar-refractivity contribution >= 4 is 5.91 Å². The molecule has 0 aliphatic rings. The molecule has 0 fully saturated rings. The zero-order chi connectivity index (χ0) is 16.9. The summed E-state index contributed by atoms with van der Waals surface area (Å²) in [6.45, 7) is 3.83. The predicted molar refractivity (Wildman–Crippen MR) is 89.1 cm³/mol. The number of tetrazole rings is 1. The van der Waals surface area contributed by atoms with Crippen molar-refractivity contribution < 1.29 is 4.79 Å². The van der Waals surface area contributed by atoms with Crippen LogP contribution in [-0.4, -0.2) is 37.1 Å². The second-order valence-corrected chi connectivity index (χ2v) is 5.52. The molecule has 2 aromatic heterocycles. The van der Waals surface area contributed by atoms with E-state index in [1.54, 1.807) is 24.4 Å². The maximum atomic E-state index is 12.2. The highest BCUT2D eigenvalue weighted by Gasteiger charge is 2.20. The van der Waals surface area contributed by atoms with Crippen molar-refractivity contribution in [2.75, 3.05) is 0 Å². The second-order valence-electron chi connectivity index (χ2n) is 5.52. The van der Waals surface area contributed by atoms with Gasteiger partial charge in [-0.2, -0.15) is 4.80 Å². The van der Waals surface area contributed by atoms with Crippen molar-refractivity contribution in [3.8, 4) is 11.4 Å². The Kier molecular flexibility index (Phi) is 4.60. The Morgan fingerprint density at radius 2 is 1.83 bits per heavy atom. The number of nitrogens with one attached hydrogen (secondary N) is 1. The number of hydrogen-bond acceptors (Lipinski definition) is 5. The quantitative estimate of drug-likeness (QED) is 0.777. The smallest absolute Gasteiger partial charge is 0.270 e. The first-order valence-corrected chi connectivity index (χ1v) is 7.72. The highest BCUT2D eigenvalue weighted by atomic mass is 16.1. The van der Waals surface area contributed by atoms with Crippen LogP contribution in [0.4, 0.5) is 0 Å². The molecule has 0 saturated heterocycles. The average Bonchev–Trinajstić information content (AvgIpc) is 3.12. The number of nitrogens with zero attached hydrogens (tertiary/aromatic N) is 5. The molecule has 0 radical (unpaired) electrons. The monoisotopic (exact) mass is 322 g/mol. The maximum absolute atomic E-state index is 12.2. The first kappa shape index (κ1) is 15.8. The molecule has 1 N–H and O–H groups in total. The van der Waals surface area contributed by atoms with E-state index in [2.05, 4.69) is 25.7 Å². The first-order chi connectivity index (χ1) is 11.6. The van der Waals surface area contributed by atoms with Gasteiger partial charge >= 0.3 is 0 Å². The summed E-state index contributed by atoms with van der Waals surface area (Å²) in [5, 5.41) is 15.5. The normalized spacial score (nSPS) is 13.2. The van der Waals surface area contributed by atoms with Gasteiger partial charge in [0.2, 0.25) is 5.82 Å². The summed E-state index contributed by atoms with van der Waals surface area (Å²) in [5.41, 5.74) is 1.29. The van der Waals surface area contributed by atoms with Gasteiger partial charge in [-0.05, 0) is 31.2 Å². The topological polar surface area (TPSA) is 85.6 Å². The third-order valence-corrected chi connectivity index (χ3v) is 3.80. The number of benzene rings is 1. The second kappa shape index (κ2) is 6.99. The van der Waals surface area contributed by atoms with Gasteiger partial charge in [0, 0.05) is 11.8 Å². The molecule has 0 aliphatic heterocycles. The Balaban J connectivity index is 1.69. The molecule has 7 nitrogen and oxygen atoms in total. The van der Waals surface area contributed by atoms with Gasteiger partial charge in [-0.15, -0.1) is 10.2 Å². The van der Waals surface area contributed by atoms with Crippen LogP contribution < -0.4 is 5.32 Å². The fourth-order valence-electron chi connectivity index (χ4n) is 2.20. The van der Waals surface area contributed by atoms with Crippen molar-refractivity contribution in [2.45, 2.75) is 25.9 Å². The molecule has 0 saturated carbocycles. The largest absolute Gasteiger partial charge is 0.346 e. The van der Waals surface area contributed by atoms with E-state index in [1.807, 2.05) is 44.2 Å². The van der Waals surface area contributed by atoms with Crippen LogP contribution in [0.1, 0.15) is 30.4 Å². The molecule has 0 aliphatic carbocycles. The fourth-order valence-corrected chi connectivity index (χ4v) is 2.20. The van der Waals surface area contributed by atoms with E-state index >= 15 is 0 Å². The summed E-state index contributed by atoms with van der Waals surface area (Å²) in [7, 11) is 0. The Morgan fingerprint density at radius 1 is 1.08 bits per heavy atom. The van der Waals surface area contributed by atoms with E-state index in [4.69, 9.17) is 0 Å². The molecule has 1 aromatic carbocycles. The Hall–Kier alpha value is -3.09. The molecule has 0 bridgehead atoms. The number of amides is 1. The van der Waals surface area contributed by atoms with Crippen molar-refractivity contribution in [1.29, 1.82) is 0 Å². The van der Waals surface area contributed by atoms with Gasteiger partial charge in [0.15, 0.2) is 0 Å². The minimum absolute atomic E-state index is 0.150. The Labute approximate surface area is 139 Å². The van der Waals surface area contributed by atoms with Gasteiger partial charge in [-0.25, -0.2) is 0 Å². The summed E-state index contributed by atoms with van der Waals surface area (Å²) in [6.07, 6.45) is 1.59. The number of carbonyl (C=O) groups is 1. The minimum Gasteiger partial charge on any atom is -0.346 e. The number of pyridine rings is 1. The third-order valence-electron chi connectivity index (χ3n) is 3.80. The average molecular weight is 322 g/mol. The van der Waals surface area contributed by atoms with Crippen LogP contribution in [0.3, 0.4) is 0 Å². The van der Waals surface area contributed by atoms with Crippen LogP contribution in [0, 0.1) is 0 Å². The van der Waals surface area contributed by atoms with Crippen LogP contribution in [0.25, 0.3) is 11.4 Å². The van der Waals surface area contributed by atoms with Gasteiger partial charge in [-0.1, -0.05) is 36.4 Å². The number of carbonyl (C=O) groups excluding carboxylic acids is 1. The molecule has 7 heteroatoms. The van der Waals surface area contributed by atoms with E-state index in [0.717, 1.165) is 5.56 Å². The molecular formula is C17H18N6O. The predicted octanol–water partition coefficient (Wildman–Crippen LogP) is 2.11. The highest BCUT2D eigenvalue weighted by molar-refractivity contribution is 5.92. The number of hydrogen-bond donors (Lipinski definition) is 1. The number of aromatic nitrogens is 5. The maximum Gasteiger partial charge on any atom is 0.270 e. The van der Waals surface area contributed by atoms with Gasteiger partial charge in [0.25, 0.3) is 5.91 Å². The molecule has 2 heterocycles. The van der Waals surface area contributed by atoms with Gasteiger partial charge in [0.1, 0.15) is 5.69 Å². The first-order valence-electron chi connectivity index (χ1n) is 7.72. The molecule has 122 valence electrons. The Bertz CT molecular complexity index is 802. The van der Waals surface area contributed by atoms with E-state index in [-0.39, 0.29) is 18.0 Å². The lowest BCUT2D eigenvalue weighted by Crippen LogP contribution is -2.39. The van der Waals surface area contributed by atoms with Crippen molar-refractivity contribution in [1.82, 2.24) is 30.5 Å². The van der Waals surface area contributed by atoms with E-state index < -0.39 is 0 Å². The molecule has 24 heavy (non-hydrogen) atoms. The Morgan fingerprint density at radius 3 is 2.54 bits per heavy atom. The summed E-state index contributed by atoms with van der Waals surface area (Å²) < 4.78 is 0. The SMILES string of the molecule is C[C@H](NC(=O)c1ccccn1)[C@H](C)n1nnc(-c2ccccc2)n1. The van der Waals surface area contributed by atoms with Gasteiger partial charge in [-0.3, -0.25) is 9.78 Å². The van der Waals surface area contributed by atoms with Gasteiger partial charge < -0.3 is 5.32 Å². The third kappa shape index (κ3) is 3.45. The molecule has 1 amide bonds. The minimum atomic E-state index is -0.224. The standard InChI is InChI=1S/C17H18N6O/c1-12(19-17(24)15-10-6-7-11-18-15)13(2)23-21-16(20-22-23)14-8-4-3-5-9-14/h3-13H,1-2H3,(H,19,24)/t12-,13-/m0/s1. The lowest BCUT2D eigenvalue weighted by molar-refractivity contribution is 0.0921. The molecular weight excluding hydrogens is 304 g/mol. The van der Waals surface area contributed by atoms with Crippen LogP contribution >= 0.6 is 0 Å². The fraction of sp³-hybridized carbons (Fsp3) is 0.235. The van der Waals surface area contributed by atoms with E-state index in [1.165, 1.54) is 4.80 Å². The van der Waals surface area contributed by atoms with Crippen molar-refractivity contribution in [2.24, 2.45) is 0 Å². The van der Waals surface area contributed by atoms with Crippen LogP contribution in [0.2, 0.25) is 0 Å². The summed E-state index contributed by atoms with van der Waals surface area (Å²) >= 11 is 0. The molecule has 0 unspecified atom stereocenters. The van der Waals surface area contributed by atoms with Crippen LogP contribution in [-0.2, 0) is 0 Å². The highest BCUT2D eigenvalue weighted by Crippen LogP contribution is 2.15. The number of rotatable bonds is 5. The summed E-state index contributed by atoms with van der Waals surface area (Å²) in [4.78, 5) is 17.7. The lowest BCUT2D eigenvalue weighted by atomic mass is 10.1. The van der Waals surface area contributed by atoms with E-state index in [9.17, 15) is 4.79 Å². The summed E-state index contributed by atoms with van der Waals surface area (Å²) in [5.74, 6) is 0.337. The lowest BCUT2D eigenvalue weighted by Gasteiger charge is -2.19. The van der Waals surface area contributed by atoms with Gasteiger partial charge in [0.05, 0.1) is 12.1 Å². The molecule has 3 aromatic rings. The van der Waals surface area contributed by atoms with Crippen molar-refractivity contribution in [3.63, 3.8) is 0 Å².